The summed E-state index contributed by atoms with van der Waals surface area (Å²) in [6, 6.07) is 9.65. The van der Waals surface area contributed by atoms with Gasteiger partial charge < -0.3 is 10.5 Å². The Morgan fingerprint density at radius 2 is 1.68 bits per heavy atom. The second-order valence-electron chi connectivity index (χ2n) is 5.45. The van der Waals surface area contributed by atoms with E-state index in [4.69, 9.17) is 22.1 Å². The van der Waals surface area contributed by atoms with Crippen molar-refractivity contribution in [3.05, 3.63) is 71.2 Å². The number of aryl methyl sites for hydroxylation is 2. The van der Waals surface area contributed by atoms with Gasteiger partial charge in [0.25, 0.3) is 0 Å². The summed E-state index contributed by atoms with van der Waals surface area (Å²) < 4.78 is 5.79. The first-order valence-electron chi connectivity index (χ1n) is 7.97. The van der Waals surface area contributed by atoms with Crippen LogP contribution in [-0.2, 0) is 19.3 Å². The van der Waals surface area contributed by atoms with E-state index in [0.717, 1.165) is 23.7 Å². The Kier molecular flexibility index (Phi) is 5.87. The Morgan fingerprint density at radius 3 is 2.40 bits per heavy atom. The molecule has 0 radical (unpaired) electrons. The smallest absolute Gasteiger partial charge is 0.222 e. The van der Waals surface area contributed by atoms with E-state index in [1.165, 1.54) is 11.9 Å². The lowest BCUT2D eigenvalue weighted by molar-refractivity contribution is 0.460. The van der Waals surface area contributed by atoms with Gasteiger partial charge in [0, 0.05) is 30.6 Å². The van der Waals surface area contributed by atoms with Crippen LogP contribution in [-0.4, -0.2) is 26.5 Å². The molecule has 3 rings (SSSR count). The zero-order valence-corrected chi connectivity index (χ0v) is 14.4. The number of halogens is 1. The van der Waals surface area contributed by atoms with E-state index in [1.54, 1.807) is 12.4 Å². The number of rotatable bonds is 7. The summed E-state index contributed by atoms with van der Waals surface area (Å²) in [6.07, 6.45) is 6.89. The van der Waals surface area contributed by atoms with E-state index in [0.29, 0.717) is 30.3 Å². The van der Waals surface area contributed by atoms with Crippen molar-refractivity contribution in [3.8, 4) is 11.6 Å². The Bertz CT molecular complexity index is 808. The molecule has 0 spiro atoms. The van der Waals surface area contributed by atoms with Crippen molar-refractivity contribution in [3.63, 3.8) is 0 Å². The molecule has 0 aliphatic carbocycles. The van der Waals surface area contributed by atoms with Crippen molar-refractivity contribution in [2.24, 2.45) is 5.73 Å². The van der Waals surface area contributed by atoms with Gasteiger partial charge in [-0.25, -0.2) is 19.9 Å². The van der Waals surface area contributed by atoms with E-state index in [1.807, 2.05) is 30.3 Å². The summed E-state index contributed by atoms with van der Waals surface area (Å²) in [7, 11) is 0. The van der Waals surface area contributed by atoms with E-state index in [-0.39, 0.29) is 0 Å². The van der Waals surface area contributed by atoms with Gasteiger partial charge in [0.15, 0.2) is 0 Å². The van der Waals surface area contributed by atoms with Crippen LogP contribution in [0.15, 0.2) is 49.1 Å². The molecule has 2 heterocycles. The third kappa shape index (κ3) is 5.20. The van der Waals surface area contributed by atoms with Gasteiger partial charge in [-0.15, -0.1) is 0 Å². The average molecular weight is 356 g/mol. The lowest BCUT2D eigenvalue weighted by Crippen LogP contribution is -2.02. The molecule has 0 atom stereocenters. The predicted octanol–water partition coefficient (Wildman–Crippen LogP) is 3.00. The highest BCUT2D eigenvalue weighted by molar-refractivity contribution is 6.30. The highest BCUT2D eigenvalue weighted by atomic mass is 35.5. The fraction of sp³-hybridized carbons (Fsp3) is 0.222. The molecule has 0 saturated heterocycles. The lowest BCUT2D eigenvalue weighted by Gasteiger charge is -2.07. The van der Waals surface area contributed by atoms with Gasteiger partial charge in [-0.2, -0.15) is 0 Å². The van der Waals surface area contributed by atoms with Crippen LogP contribution in [0.2, 0.25) is 5.02 Å². The van der Waals surface area contributed by atoms with E-state index >= 15 is 0 Å². The average Bonchev–Trinajstić information content (AvgIpc) is 2.64. The van der Waals surface area contributed by atoms with Gasteiger partial charge in [-0.05, 0) is 37.1 Å². The summed E-state index contributed by atoms with van der Waals surface area (Å²) in [5, 5.41) is 0.527. The number of nitrogens with two attached hydrogens (primary N) is 1. The lowest BCUT2D eigenvalue weighted by atomic mass is 10.1. The van der Waals surface area contributed by atoms with Gasteiger partial charge in [-0.1, -0.05) is 23.7 Å². The van der Waals surface area contributed by atoms with Crippen molar-refractivity contribution >= 4 is 11.6 Å². The first-order valence-corrected chi connectivity index (χ1v) is 8.35. The quantitative estimate of drug-likeness (QED) is 0.701. The van der Waals surface area contributed by atoms with E-state index < -0.39 is 0 Å². The molecule has 0 fully saturated rings. The number of nitrogens with zero attached hydrogens (tertiary/aromatic N) is 4. The van der Waals surface area contributed by atoms with Gasteiger partial charge in [0.1, 0.15) is 17.9 Å². The predicted molar refractivity (Wildman–Crippen MR) is 95.8 cm³/mol. The molecule has 25 heavy (non-hydrogen) atoms. The number of hydrogen-bond acceptors (Lipinski definition) is 6. The summed E-state index contributed by atoms with van der Waals surface area (Å²) in [6.45, 7) is 0.632. The summed E-state index contributed by atoms with van der Waals surface area (Å²) in [5.74, 6) is 1.96. The van der Waals surface area contributed by atoms with Crippen LogP contribution in [0, 0.1) is 0 Å². The van der Waals surface area contributed by atoms with Crippen LogP contribution >= 0.6 is 11.6 Å². The fourth-order valence-corrected chi connectivity index (χ4v) is 2.39. The molecule has 0 saturated carbocycles. The molecule has 0 aliphatic heterocycles. The second-order valence-corrected chi connectivity index (χ2v) is 5.89. The molecule has 0 bridgehead atoms. The SMILES string of the molecule is NCCc1ccc(Oc2cc(CCc3ncc(Cl)cn3)ncn2)cc1. The van der Waals surface area contributed by atoms with Crippen LogP contribution in [0.1, 0.15) is 17.1 Å². The van der Waals surface area contributed by atoms with E-state index in [2.05, 4.69) is 19.9 Å². The third-order valence-corrected chi connectivity index (χ3v) is 3.75. The van der Waals surface area contributed by atoms with Crippen molar-refractivity contribution in [1.82, 2.24) is 19.9 Å². The van der Waals surface area contributed by atoms with E-state index in [9.17, 15) is 0 Å². The molecule has 1 aromatic carbocycles. The third-order valence-electron chi connectivity index (χ3n) is 3.56. The van der Waals surface area contributed by atoms with Crippen molar-refractivity contribution in [2.75, 3.05) is 6.54 Å². The highest BCUT2D eigenvalue weighted by Crippen LogP contribution is 2.20. The van der Waals surface area contributed by atoms with Gasteiger partial charge >= 0.3 is 0 Å². The fourth-order valence-electron chi connectivity index (χ4n) is 2.29. The van der Waals surface area contributed by atoms with Crippen molar-refractivity contribution < 1.29 is 4.74 Å². The monoisotopic (exact) mass is 355 g/mol. The topological polar surface area (TPSA) is 86.8 Å². The molecule has 0 unspecified atom stereocenters. The first kappa shape index (κ1) is 17.3. The summed E-state index contributed by atoms with van der Waals surface area (Å²) in [5.41, 5.74) is 7.60. The highest BCUT2D eigenvalue weighted by Gasteiger charge is 2.04. The maximum absolute atomic E-state index is 5.79. The minimum atomic E-state index is 0.508. The maximum Gasteiger partial charge on any atom is 0.222 e. The van der Waals surface area contributed by atoms with Gasteiger partial charge in [0.05, 0.1) is 5.02 Å². The number of benzene rings is 1. The maximum atomic E-state index is 5.79. The Hall–Kier alpha value is -2.57. The zero-order valence-electron chi connectivity index (χ0n) is 13.6. The van der Waals surface area contributed by atoms with Crippen LogP contribution in [0.25, 0.3) is 0 Å². The zero-order chi connectivity index (χ0) is 17.5. The Morgan fingerprint density at radius 1 is 0.920 bits per heavy atom. The molecule has 128 valence electrons. The molecule has 2 aromatic heterocycles. The Balaban J connectivity index is 1.61. The second kappa shape index (κ2) is 8.50. The normalized spacial score (nSPS) is 10.6. The number of hydrogen-bond donors (Lipinski definition) is 1. The molecule has 6 nitrogen and oxygen atoms in total. The minimum Gasteiger partial charge on any atom is -0.439 e. The van der Waals surface area contributed by atoms with Gasteiger partial charge in [0.2, 0.25) is 5.88 Å². The molecular formula is C18H18ClN5O. The number of ether oxygens (including phenoxy) is 1. The largest absolute Gasteiger partial charge is 0.439 e. The molecule has 0 amide bonds. The standard InChI is InChI=1S/C18H18ClN5O/c19-14-10-21-17(22-11-14)6-3-15-9-18(24-12-23-15)25-16-4-1-13(2-5-16)7-8-20/h1-2,4-5,9-12H,3,6-8,20H2. The van der Waals surface area contributed by atoms with Gasteiger partial charge in [-0.3, -0.25) is 0 Å². The first-order chi connectivity index (χ1) is 12.2. The summed E-state index contributed by atoms with van der Waals surface area (Å²) >= 11 is 5.79. The van der Waals surface area contributed by atoms with Crippen LogP contribution in [0.5, 0.6) is 11.6 Å². The summed E-state index contributed by atoms with van der Waals surface area (Å²) in [4.78, 5) is 16.8. The number of aromatic nitrogens is 4. The minimum absolute atomic E-state index is 0.508. The molecule has 3 aromatic rings. The van der Waals surface area contributed by atoms with Crippen molar-refractivity contribution in [2.45, 2.75) is 19.3 Å². The molecular weight excluding hydrogens is 338 g/mol. The molecule has 7 heteroatoms. The van der Waals surface area contributed by atoms with Crippen LogP contribution in [0.3, 0.4) is 0 Å². The molecule has 2 N–H and O–H groups in total. The van der Waals surface area contributed by atoms with Crippen molar-refractivity contribution in [1.29, 1.82) is 0 Å². The Labute approximate surface area is 151 Å². The molecule has 0 aliphatic rings. The van der Waals surface area contributed by atoms with Crippen LogP contribution in [0.4, 0.5) is 0 Å². The van der Waals surface area contributed by atoms with Crippen LogP contribution < -0.4 is 10.5 Å².